The molecule has 0 amide bonds. The Hall–Kier alpha value is 1.44. The van der Waals surface area contributed by atoms with Crippen molar-refractivity contribution in [3.05, 3.63) is 0 Å². The summed E-state index contributed by atoms with van der Waals surface area (Å²) in [5.41, 5.74) is 0. The van der Waals surface area contributed by atoms with E-state index in [4.69, 9.17) is 4.74 Å². The van der Waals surface area contributed by atoms with E-state index in [0.29, 0.717) is 0 Å². The van der Waals surface area contributed by atoms with Gasteiger partial charge in [0.2, 0.25) is 0 Å². The first-order chi connectivity index (χ1) is 2.50. The van der Waals surface area contributed by atoms with Gasteiger partial charge in [-0.3, -0.25) is 0 Å². The van der Waals surface area contributed by atoms with Crippen molar-refractivity contribution in [1.82, 2.24) is 0 Å². The molecule has 34 valence electrons. The van der Waals surface area contributed by atoms with E-state index in [-0.39, 0.29) is 48.3 Å². The molecular weight excluding hydrogens is 152 g/mol. The van der Waals surface area contributed by atoms with Gasteiger partial charge in [0.1, 0.15) is 0 Å². The first kappa shape index (κ1) is 7.44. The van der Waals surface area contributed by atoms with Gasteiger partial charge in [0.15, 0.2) is 0 Å². The summed E-state index contributed by atoms with van der Waals surface area (Å²) in [6, 6.07) is 0. The van der Waals surface area contributed by atoms with Crippen LogP contribution in [0.15, 0.2) is 0 Å². The molecule has 0 aromatic carbocycles. The Morgan fingerprint density at radius 2 is 1.67 bits per heavy atom. The quantitative estimate of drug-likeness (QED) is 0.474. The SMILES string of the molecule is C1CCOC1.[H-].[H-].[Sr+2]. The molecule has 1 heterocycles. The van der Waals surface area contributed by atoms with Crippen molar-refractivity contribution in [2.24, 2.45) is 0 Å². The van der Waals surface area contributed by atoms with Crippen LogP contribution >= 0.6 is 0 Å². The Morgan fingerprint density at radius 1 is 1.17 bits per heavy atom. The molecule has 2 heteroatoms. The second kappa shape index (κ2) is 4.60. The largest absolute Gasteiger partial charge is 2.00 e. The van der Waals surface area contributed by atoms with E-state index in [0.717, 1.165) is 13.2 Å². The summed E-state index contributed by atoms with van der Waals surface area (Å²) in [5, 5.41) is 0. The van der Waals surface area contributed by atoms with Crippen LogP contribution in [0.5, 0.6) is 0 Å². The number of hydrogen-bond acceptors (Lipinski definition) is 1. The molecule has 0 atom stereocenters. The number of ether oxygens (including phenoxy) is 1. The van der Waals surface area contributed by atoms with Crippen LogP contribution in [-0.4, -0.2) is 58.7 Å². The summed E-state index contributed by atoms with van der Waals surface area (Å²) in [6.45, 7) is 2.00. The molecule has 1 aliphatic heterocycles. The maximum atomic E-state index is 4.94. The van der Waals surface area contributed by atoms with E-state index < -0.39 is 0 Å². The Balaban J connectivity index is -0.0000000833. The summed E-state index contributed by atoms with van der Waals surface area (Å²) in [7, 11) is 0. The minimum absolute atomic E-state index is 0. The standard InChI is InChI=1S/C4H8O.Sr.2H/c1-2-4-5-3-1;;;/h1-4H2;;;/q;+2;2*-1. The topological polar surface area (TPSA) is 9.23 Å². The molecule has 1 saturated heterocycles. The molecule has 0 aromatic heterocycles. The van der Waals surface area contributed by atoms with E-state index in [2.05, 4.69) is 0 Å². The van der Waals surface area contributed by atoms with Gasteiger partial charge in [-0.2, -0.15) is 0 Å². The minimum Gasteiger partial charge on any atom is -1.00 e. The zero-order valence-electron chi connectivity index (χ0n) is 5.94. The molecule has 1 fully saturated rings. The molecule has 0 N–H and O–H groups in total. The van der Waals surface area contributed by atoms with Crippen LogP contribution in [0, 0.1) is 0 Å². The fourth-order valence-electron chi connectivity index (χ4n) is 0.510. The van der Waals surface area contributed by atoms with Gasteiger partial charge in [-0.15, -0.1) is 0 Å². The monoisotopic (exact) mass is 162 g/mol. The van der Waals surface area contributed by atoms with E-state index in [9.17, 15) is 0 Å². The molecular formula is C4H10OSr. The Bertz CT molecular complexity index is 25.6. The third-order valence-electron chi connectivity index (χ3n) is 0.827. The summed E-state index contributed by atoms with van der Waals surface area (Å²) >= 11 is 0. The third-order valence-corrected chi connectivity index (χ3v) is 0.827. The van der Waals surface area contributed by atoms with Crippen LogP contribution in [0.25, 0.3) is 0 Å². The van der Waals surface area contributed by atoms with Gasteiger partial charge in [0.25, 0.3) is 0 Å². The van der Waals surface area contributed by atoms with Gasteiger partial charge >= 0.3 is 45.5 Å². The molecule has 0 saturated carbocycles. The van der Waals surface area contributed by atoms with Gasteiger partial charge in [-0.25, -0.2) is 0 Å². The molecule has 1 nitrogen and oxygen atoms in total. The molecule has 0 bridgehead atoms. The predicted octanol–water partition coefficient (Wildman–Crippen LogP) is 0.641. The van der Waals surface area contributed by atoms with E-state index in [1.807, 2.05) is 0 Å². The van der Waals surface area contributed by atoms with Crippen LogP contribution in [0.1, 0.15) is 15.7 Å². The normalized spacial score (nSPS) is 20.0. The third kappa shape index (κ3) is 2.59. The second-order valence-corrected chi connectivity index (χ2v) is 1.32. The van der Waals surface area contributed by atoms with Gasteiger partial charge in [-0.1, -0.05) is 0 Å². The average Bonchev–Trinajstić information content (AvgIpc) is 1.76. The van der Waals surface area contributed by atoms with Crippen molar-refractivity contribution in [2.45, 2.75) is 12.8 Å². The summed E-state index contributed by atoms with van der Waals surface area (Å²) in [4.78, 5) is 0. The van der Waals surface area contributed by atoms with Crippen molar-refractivity contribution in [3.63, 3.8) is 0 Å². The molecule has 1 rings (SSSR count). The molecule has 1 aliphatic rings. The first-order valence-electron chi connectivity index (χ1n) is 2.08. The van der Waals surface area contributed by atoms with Crippen LogP contribution in [-0.2, 0) is 4.74 Å². The van der Waals surface area contributed by atoms with Crippen molar-refractivity contribution in [3.8, 4) is 0 Å². The Kier molecular flexibility index (Phi) is 5.70. The summed E-state index contributed by atoms with van der Waals surface area (Å²) < 4.78 is 4.94. The number of rotatable bonds is 0. The molecule has 6 heavy (non-hydrogen) atoms. The zero-order chi connectivity index (χ0) is 3.54. The van der Waals surface area contributed by atoms with Gasteiger partial charge in [0.05, 0.1) is 0 Å². The van der Waals surface area contributed by atoms with Crippen molar-refractivity contribution in [1.29, 1.82) is 0 Å². The van der Waals surface area contributed by atoms with Crippen LogP contribution in [0.4, 0.5) is 0 Å². The minimum atomic E-state index is 0. The summed E-state index contributed by atoms with van der Waals surface area (Å²) in [5.74, 6) is 0. The fourth-order valence-corrected chi connectivity index (χ4v) is 0.510. The van der Waals surface area contributed by atoms with Crippen molar-refractivity contribution < 1.29 is 7.59 Å². The van der Waals surface area contributed by atoms with E-state index in [1.165, 1.54) is 12.8 Å². The summed E-state index contributed by atoms with van der Waals surface area (Å²) in [6.07, 6.45) is 2.56. The molecule has 0 unspecified atom stereocenters. The smallest absolute Gasteiger partial charge is 1.00 e. The first-order valence-corrected chi connectivity index (χ1v) is 2.08. The molecule has 0 aromatic rings. The Morgan fingerprint density at radius 3 is 1.83 bits per heavy atom. The van der Waals surface area contributed by atoms with Gasteiger partial charge in [0, 0.05) is 13.2 Å². The molecule has 0 radical (unpaired) electrons. The Labute approximate surface area is 78.3 Å². The van der Waals surface area contributed by atoms with Gasteiger partial charge < -0.3 is 7.59 Å². The predicted molar refractivity (Wildman–Crippen MR) is 28.0 cm³/mol. The molecule has 0 spiro atoms. The van der Waals surface area contributed by atoms with Crippen LogP contribution in [0.3, 0.4) is 0 Å². The number of hydrogen-bond donors (Lipinski definition) is 0. The maximum Gasteiger partial charge on any atom is 2.00 e. The van der Waals surface area contributed by atoms with Crippen LogP contribution < -0.4 is 0 Å². The van der Waals surface area contributed by atoms with Crippen molar-refractivity contribution >= 4 is 45.5 Å². The second-order valence-electron chi connectivity index (χ2n) is 1.32. The van der Waals surface area contributed by atoms with E-state index >= 15 is 0 Å². The van der Waals surface area contributed by atoms with Crippen LogP contribution in [0.2, 0.25) is 0 Å². The average molecular weight is 162 g/mol. The zero-order valence-corrected chi connectivity index (χ0v) is 7.42. The van der Waals surface area contributed by atoms with Gasteiger partial charge in [-0.05, 0) is 12.8 Å². The van der Waals surface area contributed by atoms with E-state index in [1.54, 1.807) is 0 Å². The maximum absolute atomic E-state index is 4.94. The molecule has 0 aliphatic carbocycles. The fraction of sp³-hybridized carbons (Fsp3) is 1.00. The van der Waals surface area contributed by atoms with Crippen molar-refractivity contribution in [2.75, 3.05) is 13.2 Å².